The molecule has 0 bridgehead atoms. The van der Waals surface area contributed by atoms with Gasteiger partial charge in [-0.3, -0.25) is 0 Å². The van der Waals surface area contributed by atoms with E-state index >= 15 is 0 Å². The van der Waals surface area contributed by atoms with Gasteiger partial charge in [-0.05, 0) is 29.5 Å². The Kier molecular flexibility index (Phi) is 5.20. The quantitative estimate of drug-likeness (QED) is 0.914. The molecule has 0 saturated carbocycles. The zero-order chi connectivity index (χ0) is 13.8. The molecule has 0 atom stereocenters. The Balaban J connectivity index is 2.05. The molecule has 1 N–H and O–H groups in total. The maximum Gasteiger partial charge on any atom is 0.145 e. The van der Waals surface area contributed by atoms with Crippen molar-refractivity contribution in [3.63, 3.8) is 0 Å². The van der Waals surface area contributed by atoms with Crippen molar-refractivity contribution in [1.82, 2.24) is 10.2 Å². The molecule has 0 spiro atoms. The van der Waals surface area contributed by atoms with E-state index < -0.39 is 0 Å². The van der Waals surface area contributed by atoms with Gasteiger partial charge in [0, 0.05) is 32.7 Å². The van der Waals surface area contributed by atoms with Crippen LogP contribution >= 0.6 is 11.6 Å². The van der Waals surface area contributed by atoms with Gasteiger partial charge < -0.3 is 10.2 Å². The minimum atomic E-state index is -0.249. The highest BCUT2D eigenvalue weighted by molar-refractivity contribution is 6.30. The second kappa shape index (κ2) is 6.69. The van der Waals surface area contributed by atoms with Gasteiger partial charge in [0.2, 0.25) is 0 Å². The predicted octanol–water partition coefficient (Wildman–Crippen LogP) is 3.05. The summed E-state index contributed by atoms with van der Waals surface area (Å²) in [6.45, 7) is 9.23. The topological polar surface area (TPSA) is 15.3 Å². The first kappa shape index (κ1) is 14.8. The minimum Gasteiger partial charge on any atom is -0.314 e. The minimum absolute atomic E-state index is 0.249. The Morgan fingerprint density at radius 3 is 2.63 bits per heavy atom. The monoisotopic (exact) mass is 284 g/mol. The molecule has 0 aliphatic carbocycles. The highest BCUT2D eigenvalue weighted by atomic mass is 35.5. The van der Waals surface area contributed by atoms with E-state index in [0.717, 1.165) is 50.3 Å². The number of benzene rings is 1. The van der Waals surface area contributed by atoms with Crippen LogP contribution in [-0.2, 0) is 6.42 Å². The van der Waals surface area contributed by atoms with Crippen LogP contribution in [0.3, 0.4) is 0 Å². The van der Waals surface area contributed by atoms with Gasteiger partial charge in [-0.2, -0.15) is 0 Å². The summed E-state index contributed by atoms with van der Waals surface area (Å²) in [7, 11) is 0. The highest BCUT2D eigenvalue weighted by Gasteiger charge is 2.14. The van der Waals surface area contributed by atoms with E-state index in [1.807, 2.05) is 6.07 Å². The zero-order valence-electron chi connectivity index (χ0n) is 11.7. The molecular formula is C15H22ClFN2. The van der Waals surface area contributed by atoms with Crippen molar-refractivity contribution in [2.75, 3.05) is 32.7 Å². The number of rotatable bonds is 4. The van der Waals surface area contributed by atoms with Crippen LogP contribution in [0.2, 0.25) is 5.02 Å². The molecule has 1 fully saturated rings. The van der Waals surface area contributed by atoms with Crippen molar-refractivity contribution in [2.24, 2.45) is 0 Å². The first-order valence-electron chi connectivity index (χ1n) is 6.99. The number of nitrogens with one attached hydrogen (secondary N) is 1. The van der Waals surface area contributed by atoms with E-state index in [-0.39, 0.29) is 10.8 Å². The van der Waals surface area contributed by atoms with Crippen molar-refractivity contribution in [1.29, 1.82) is 0 Å². The second-order valence-corrected chi connectivity index (χ2v) is 5.88. The number of halogens is 2. The molecule has 4 heteroatoms. The van der Waals surface area contributed by atoms with Gasteiger partial charge in [-0.25, -0.2) is 4.39 Å². The fourth-order valence-electron chi connectivity index (χ4n) is 2.40. The fraction of sp³-hybridized carbons (Fsp3) is 0.600. The van der Waals surface area contributed by atoms with Crippen LogP contribution in [0.25, 0.3) is 0 Å². The normalized spacial score (nSPS) is 17.1. The van der Waals surface area contributed by atoms with Gasteiger partial charge >= 0.3 is 0 Å². The molecule has 1 aromatic carbocycles. The molecule has 0 aromatic heterocycles. The second-order valence-electron chi connectivity index (χ2n) is 5.47. The maximum absolute atomic E-state index is 14.0. The lowest BCUT2D eigenvalue weighted by Crippen LogP contribution is -2.44. The molecule has 0 unspecified atom stereocenters. The third kappa shape index (κ3) is 3.91. The molecule has 0 amide bonds. The summed E-state index contributed by atoms with van der Waals surface area (Å²) in [5.41, 5.74) is 1.86. The molecule has 2 nitrogen and oxygen atoms in total. The zero-order valence-corrected chi connectivity index (χ0v) is 12.4. The maximum atomic E-state index is 14.0. The van der Waals surface area contributed by atoms with Crippen LogP contribution in [0.4, 0.5) is 4.39 Å². The number of hydrogen-bond donors (Lipinski definition) is 1. The van der Waals surface area contributed by atoms with Crippen LogP contribution in [0, 0.1) is 5.82 Å². The van der Waals surface area contributed by atoms with E-state index in [0.29, 0.717) is 5.92 Å². The largest absolute Gasteiger partial charge is 0.314 e. The van der Waals surface area contributed by atoms with Crippen LogP contribution in [0.1, 0.15) is 30.9 Å². The fourth-order valence-corrected chi connectivity index (χ4v) is 2.65. The third-order valence-electron chi connectivity index (χ3n) is 3.70. The molecule has 0 radical (unpaired) electrons. The Labute approximate surface area is 119 Å². The Morgan fingerprint density at radius 1 is 1.32 bits per heavy atom. The summed E-state index contributed by atoms with van der Waals surface area (Å²) in [4.78, 5) is 2.37. The molecule has 19 heavy (non-hydrogen) atoms. The van der Waals surface area contributed by atoms with Crippen molar-refractivity contribution in [3.05, 3.63) is 34.1 Å². The Morgan fingerprint density at radius 2 is 2.00 bits per heavy atom. The third-order valence-corrected chi connectivity index (χ3v) is 3.97. The van der Waals surface area contributed by atoms with Crippen molar-refractivity contribution >= 4 is 11.6 Å². The summed E-state index contributed by atoms with van der Waals surface area (Å²) in [6.07, 6.45) is 0.728. The first-order valence-corrected chi connectivity index (χ1v) is 7.36. The lowest BCUT2D eigenvalue weighted by molar-refractivity contribution is 0.243. The Bertz CT molecular complexity index is 428. The SMILES string of the molecule is CC(C)c1cc(Cl)c(F)c(CCN2CCNCC2)c1. The molecule has 1 aromatic rings. The average Bonchev–Trinajstić information content (AvgIpc) is 2.41. The molecule has 1 aliphatic rings. The molecule has 106 valence electrons. The number of hydrogen-bond acceptors (Lipinski definition) is 2. The van der Waals surface area contributed by atoms with Gasteiger partial charge in [-0.1, -0.05) is 31.5 Å². The standard InChI is InChI=1S/C15H22ClFN2/c1-11(2)13-9-12(15(17)14(16)10-13)3-6-19-7-4-18-5-8-19/h9-11,18H,3-8H2,1-2H3. The van der Waals surface area contributed by atoms with Crippen LogP contribution in [0.15, 0.2) is 12.1 Å². The average molecular weight is 285 g/mol. The highest BCUT2D eigenvalue weighted by Crippen LogP contribution is 2.25. The first-order chi connectivity index (χ1) is 9.08. The van der Waals surface area contributed by atoms with Gasteiger partial charge in [0.25, 0.3) is 0 Å². The molecule has 1 aliphatic heterocycles. The van der Waals surface area contributed by atoms with Crippen molar-refractivity contribution in [2.45, 2.75) is 26.2 Å². The van der Waals surface area contributed by atoms with Gasteiger partial charge in [0.15, 0.2) is 0 Å². The van der Waals surface area contributed by atoms with Gasteiger partial charge in [0.1, 0.15) is 5.82 Å². The van der Waals surface area contributed by atoms with Gasteiger partial charge in [-0.15, -0.1) is 0 Å². The van der Waals surface area contributed by atoms with E-state index in [1.54, 1.807) is 6.07 Å². The summed E-state index contributed by atoms with van der Waals surface area (Å²) in [5.74, 6) is 0.122. The van der Waals surface area contributed by atoms with Crippen LogP contribution < -0.4 is 5.32 Å². The van der Waals surface area contributed by atoms with Gasteiger partial charge in [0.05, 0.1) is 5.02 Å². The number of nitrogens with zero attached hydrogens (tertiary/aromatic N) is 1. The molecule has 1 saturated heterocycles. The smallest absolute Gasteiger partial charge is 0.145 e. The number of piperazine rings is 1. The Hall–Kier alpha value is -0.640. The molecular weight excluding hydrogens is 263 g/mol. The predicted molar refractivity (Wildman–Crippen MR) is 78.5 cm³/mol. The lowest BCUT2D eigenvalue weighted by atomic mass is 9.99. The molecule has 2 rings (SSSR count). The van der Waals surface area contributed by atoms with Crippen molar-refractivity contribution < 1.29 is 4.39 Å². The van der Waals surface area contributed by atoms with E-state index in [4.69, 9.17) is 11.6 Å². The van der Waals surface area contributed by atoms with E-state index in [1.165, 1.54) is 0 Å². The van der Waals surface area contributed by atoms with Crippen molar-refractivity contribution in [3.8, 4) is 0 Å². The summed E-state index contributed by atoms with van der Waals surface area (Å²) in [5, 5.41) is 3.57. The van der Waals surface area contributed by atoms with Crippen LogP contribution in [-0.4, -0.2) is 37.6 Å². The molecule has 1 heterocycles. The lowest BCUT2D eigenvalue weighted by Gasteiger charge is -2.27. The summed E-state index contributed by atoms with van der Waals surface area (Å²) < 4.78 is 14.0. The summed E-state index contributed by atoms with van der Waals surface area (Å²) >= 11 is 5.99. The van der Waals surface area contributed by atoms with E-state index in [9.17, 15) is 4.39 Å². The van der Waals surface area contributed by atoms with Crippen LogP contribution in [0.5, 0.6) is 0 Å². The summed E-state index contributed by atoms with van der Waals surface area (Å²) in [6, 6.07) is 3.71. The van der Waals surface area contributed by atoms with E-state index in [2.05, 4.69) is 24.1 Å².